The summed E-state index contributed by atoms with van der Waals surface area (Å²) in [4.78, 5) is 1.89. The average molecular weight is 171 g/mol. The molecule has 1 aliphatic rings. The van der Waals surface area contributed by atoms with Crippen LogP contribution < -0.4 is 0 Å². The fourth-order valence-electron chi connectivity index (χ4n) is 0.661. The highest BCUT2D eigenvalue weighted by molar-refractivity contribution is 9.11. The zero-order valence-electron chi connectivity index (χ0n) is 4.42. The van der Waals surface area contributed by atoms with Gasteiger partial charge >= 0.3 is 0 Å². The Kier molecular flexibility index (Phi) is 2.10. The van der Waals surface area contributed by atoms with E-state index in [1.807, 2.05) is 4.99 Å². The number of hydrogen-bond donors (Lipinski definition) is 0. The van der Waals surface area contributed by atoms with Gasteiger partial charge in [0.2, 0.25) is 0 Å². The molecule has 0 radical (unpaired) electrons. The molecular formula is C7H7Br. The summed E-state index contributed by atoms with van der Waals surface area (Å²) < 4.78 is 0. The maximum atomic E-state index is 3.21. The molecule has 42 valence electrons. The Labute approximate surface area is 57.7 Å². The van der Waals surface area contributed by atoms with Crippen molar-refractivity contribution in [1.82, 2.24) is 0 Å². The van der Waals surface area contributed by atoms with Gasteiger partial charge in [0.05, 0.1) is 0 Å². The molecule has 1 rings (SSSR count). The molecule has 0 unspecified atom stereocenters. The van der Waals surface area contributed by atoms with Crippen molar-refractivity contribution >= 4 is 15.9 Å². The smallest absolute Gasteiger partial charge is 0.0141 e. The van der Waals surface area contributed by atoms with Gasteiger partial charge in [-0.2, -0.15) is 0 Å². The highest BCUT2D eigenvalue weighted by atomic mass is 79.9. The number of rotatable bonds is 1. The summed E-state index contributed by atoms with van der Waals surface area (Å²) >= 11 is 3.21. The highest BCUT2D eigenvalue weighted by Gasteiger charge is 1.94. The first-order chi connectivity index (χ1) is 3.93. The molecule has 0 atom stereocenters. The third kappa shape index (κ3) is 1.34. The molecule has 0 N–H and O–H groups in total. The van der Waals surface area contributed by atoms with Gasteiger partial charge in [0.1, 0.15) is 0 Å². The number of allylic oxidation sites excluding steroid dienone is 5. The maximum absolute atomic E-state index is 3.21. The first-order valence-corrected chi connectivity index (χ1v) is 3.47. The van der Waals surface area contributed by atoms with E-state index < -0.39 is 0 Å². The van der Waals surface area contributed by atoms with Gasteiger partial charge in [-0.05, 0) is 4.99 Å². The van der Waals surface area contributed by atoms with E-state index in [-0.39, 0.29) is 0 Å². The van der Waals surface area contributed by atoms with Crippen LogP contribution in [0.1, 0.15) is 0 Å². The second-order valence-corrected chi connectivity index (χ2v) is 2.19. The Hall–Kier alpha value is -0.300. The predicted molar refractivity (Wildman–Crippen MR) is 39.8 cm³/mol. The van der Waals surface area contributed by atoms with E-state index >= 15 is 0 Å². The van der Waals surface area contributed by atoms with Crippen LogP contribution in [0.2, 0.25) is 0 Å². The lowest BCUT2D eigenvalue weighted by Crippen LogP contribution is -1.77. The minimum absolute atomic E-state index is 0.523. The second-order valence-electron chi connectivity index (χ2n) is 1.67. The van der Waals surface area contributed by atoms with Crippen molar-refractivity contribution in [3.8, 4) is 0 Å². The Morgan fingerprint density at radius 3 is 2.38 bits per heavy atom. The molecule has 1 aliphatic carbocycles. The van der Waals surface area contributed by atoms with Gasteiger partial charge in [-0.1, -0.05) is 46.3 Å². The van der Waals surface area contributed by atoms with Gasteiger partial charge in [-0.3, -0.25) is 0 Å². The third-order valence-corrected chi connectivity index (χ3v) is 1.38. The van der Waals surface area contributed by atoms with Crippen LogP contribution in [0.5, 0.6) is 0 Å². The van der Waals surface area contributed by atoms with E-state index in [2.05, 4.69) is 46.3 Å². The van der Waals surface area contributed by atoms with E-state index in [0.717, 1.165) is 0 Å². The van der Waals surface area contributed by atoms with E-state index in [4.69, 9.17) is 0 Å². The molecule has 0 fully saturated rings. The molecule has 0 saturated heterocycles. The third-order valence-electron chi connectivity index (χ3n) is 1.07. The fraction of sp³-hybridized carbons (Fsp3) is 0.143. The Bertz CT molecular complexity index is 130. The van der Waals surface area contributed by atoms with E-state index in [1.165, 1.54) is 0 Å². The van der Waals surface area contributed by atoms with Crippen molar-refractivity contribution in [2.75, 3.05) is 0 Å². The molecule has 0 aromatic rings. The standard InChI is InChI=1S/C7H7Br/c8-6-5-7-3-1-2-4-7/h1-7H/b6-5+. The molecule has 8 heavy (non-hydrogen) atoms. The molecule has 0 aliphatic heterocycles. The minimum atomic E-state index is 0.523. The van der Waals surface area contributed by atoms with Gasteiger partial charge in [0.25, 0.3) is 0 Å². The average Bonchev–Trinajstić information content (AvgIpc) is 2.19. The van der Waals surface area contributed by atoms with Crippen molar-refractivity contribution < 1.29 is 0 Å². The lowest BCUT2D eigenvalue weighted by Gasteiger charge is -1.89. The van der Waals surface area contributed by atoms with E-state index in [0.29, 0.717) is 5.92 Å². The first kappa shape index (κ1) is 5.83. The molecule has 1 heteroatoms. The van der Waals surface area contributed by atoms with Gasteiger partial charge in [0, 0.05) is 5.92 Å². The van der Waals surface area contributed by atoms with Crippen LogP contribution in [0.4, 0.5) is 0 Å². The van der Waals surface area contributed by atoms with Gasteiger partial charge in [0.15, 0.2) is 0 Å². The summed E-state index contributed by atoms with van der Waals surface area (Å²) in [5.74, 6) is 0.523. The molecule has 0 bridgehead atoms. The maximum Gasteiger partial charge on any atom is 0.0141 e. The van der Waals surface area contributed by atoms with Crippen LogP contribution in [0.15, 0.2) is 35.4 Å². The van der Waals surface area contributed by atoms with Gasteiger partial charge < -0.3 is 0 Å². The van der Waals surface area contributed by atoms with Crippen molar-refractivity contribution in [3.05, 3.63) is 35.4 Å². The zero-order valence-corrected chi connectivity index (χ0v) is 6.01. The fourth-order valence-corrected chi connectivity index (χ4v) is 1.01. The summed E-state index contributed by atoms with van der Waals surface area (Å²) in [6, 6.07) is 0. The second kappa shape index (κ2) is 2.88. The largest absolute Gasteiger partial charge is 0.0738 e. The number of hydrogen-bond acceptors (Lipinski definition) is 0. The van der Waals surface area contributed by atoms with Crippen LogP contribution in [-0.4, -0.2) is 0 Å². The lowest BCUT2D eigenvalue weighted by molar-refractivity contribution is 1.10. The Morgan fingerprint density at radius 2 is 1.88 bits per heavy atom. The van der Waals surface area contributed by atoms with Gasteiger partial charge in [-0.15, -0.1) is 0 Å². The normalized spacial score (nSPS) is 19.1. The molecule has 0 saturated carbocycles. The highest BCUT2D eigenvalue weighted by Crippen LogP contribution is 2.10. The summed E-state index contributed by atoms with van der Waals surface area (Å²) in [7, 11) is 0. The van der Waals surface area contributed by atoms with Crippen LogP contribution in [-0.2, 0) is 0 Å². The minimum Gasteiger partial charge on any atom is -0.0738 e. The summed E-state index contributed by atoms with van der Waals surface area (Å²) in [6.07, 6.45) is 10.5. The summed E-state index contributed by atoms with van der Waals surface area (Å²) in [5, 5.41) is 0. The molecule has 0 heterocycles. The quantitative estimate of drug-likeness (QED) is 0.568. The Balaban J connectivity index is 2.49. The summed E-state index contributed by atoms with van der Waals surface area (Å²) in [6.45, 7) is 0. The van der Waals surface area contributed by atoms with Crippen LogP contribution in [0.25, 0.3) is 0 Å². The van der Waals surface area contributed by atoms with Crippen molar-refractivity contribution in [1.29, 1.82) is 0 Å². The predicted octanol–water partition coefficient (Wildman–Crippen LogP) is 2.64. The monoisotopic (exact) mass is 170 g/mol. The Morgan fingerprint density at radius 1 is 1.25 bits per heavy atom. The van der Waals surface area contributed by atoms with Gasteiger partial charge in [-0.25, -0.2) is 0 Å². The molecule has 0 aromatic heterocycles. The molecule has 0 aromatic carbocycles. The van der Waals surface area contributed by atoms with Crippen LogP contribution >= 0.6 is 15.9 Å². The van der Waals surface area contributed by atoms with E-state index in [9.17, 15) is 0 Å². The molecule has 0 nitrogen and oxygen atoms in total. The topological polar surface area (TPSA) is 0 Å². The lowest BCUT2D eigenvalue weighted by atomic mass is 10.2. The van der Waals surface area contributed by atoms with E-state index in [1.54, 1.807) is 0 Å². The first-order valence-electron chi connectivity index (χ1n) is 2.55. The summed E-state index contributed by atoms with van der Waals surface area (Å²) in [5.41, 5.74) is 0. The van der Waals surface area contributed by atoms with Crippen molar-refractivity contribution in [2.24, 2.45) is 5.92 Å². The van der Waals surface area contributed by atoms with Crippen molar-refractivity contribution in [3.63, 3.8) is 0 Å². The van der Waals surface area contributed by atoms with Crippen LogP contribution in [0.3, 0.4) is 0 Å². The molecular weight excluding hydrogens is 164 g/mol. The van der Waals surface area contributed by atoms with Crippen LogP contribution in [0, 0.1) is 5.92 Å². The zero-order chi connectivity index (χ0) is 5.82. The molecule has 0 spiro atoms. The number of halogens is 1. The molecule has 0 amide bonds. The van der Waals surface area contributed by atoms with Crippen molar-refractivity contribution in [2.45, 2.75) is 0 Å². The SMILES string of the molecule is Br/C=C/C1C=CC=C1.